The minimum Gasteiger partial charge on any atom is -0.481 e. The van der Waals surface area contributed by atoms with E-state index < -0.39 is 0 Å². The van der Waals surface area contributed by atoms with Crippen molar-refractivity contribution >= 4 is 28.5 Å². The molecule has 2 aliphatic carbocycles. The maximum atomic E-state index is 11.8. The molecule has 10 rings (SSSR count). The van der Waals surface area contributed by atoms with Gasteiger partial charge in [-0.25, -0.2) is 0 Å². The summed E-state index contributed by atoms with van der Waals surface area (Å²) in [6.45, 7) is 5.93. The van der Waals surface area contributed by atoms with E-state index in [1.165, 1.54) is 11.1 Å². The van der Waals surface area contributed by atoms with Crippen LogP contribution in [-0.2, 0) is 24.2 Å². The summed E-state index contributed by atoms with van der Waals surface area (Å²) in [4.78, 5) is 21.2. The van der Waals surface area contributed by atoms with Crippen molar-refractivity contribution < 1.29 is 23.8 Å². The van der Waals surface area contributed by atoms with Crippen molar-refractivity contribution in [3.8, 4) is 40.3 Å². The van der Waals surface area contributed by atoms with Gasteiger partial charge in [-0.3, -0.25) is 14.6 Å². The molecule has 3 aliphatic heterocycles. The van der Waals surface area contributed by atoms with Gasteiger partial charge in [0, 0.05) is 61.7 Å². The van der Waals surface area contributed by atoms with Gasteiger partial charge in [-0.1, -0.05) is 48.0 Å². The summed E-state index contributed by atoms with van der Waals surface area (Å²) in [7, 11) is 1.61. The Balaban J connectivity index is 0.911. The lowest BCUT2D eigenvalue weighted by molar-refractivity contribution is -0.120. The second-order valence-corrected chi connectivity index (χ2v) is 16.8. The molecule has 2 aromatic heterocycles. The third-order valence-electron chi connectivity index (χ3n) is 12.9. The number of halogens is 1. The third kappa shape index (κ3) is 5.87. The molecule has 0 radical (unpaired) electrons. The van der Waals surface area contributed by atoms with Crippen LogP contribution in [0.2, 0.25) is 5.02 Å². The number of hydrogen-bond acceptors (Lipinski definition) is 9. The number of ether oxygens (including phenoxy) is 2. The fourth-order valence-electron chi connectivity index (χ4n) is 10.3. The van der Waals surface area contributed by atoms with Crippen molar-refractivity contribution in [1.29, 1.82) is 5.26 Å². The molecule has 5 aliphatic rings. The molecule has 11 heteroatoms. The van der Waals surface area contributed by atoms with Crippen LogP contribution >= 0.6 is 11.6 Å². The number of benzene rings is 3. The molecule has 3 saturated heterocycles. The molecule has 0 saturated carbocycles. The topological polar surface area (TPSA) is 124 Å². The number of hydrogen-bond donors (Lipinski definition) is 2. The number of likely N-dealkylation sites (tertiary alicyclic amines) is 2. The first-order valence-electron chi connectivity index (χ1n) is 19.8. The number of aliphatic hydroxyl groups is 1. The summed E-state index contributed by atoms with van der Waals surface area (Å²) in [6.07, 6.45) is 5.19. The highest BCUT2D eigenvalue weighted by molar-refractivity contribution is 6.31. The number of rotatable bonds is 8. The Morgan fingerprint density at radius 3 is 2.59 bits per heavy atom. The predicted molar refractivity (Wildman–Crippen MR) is 213 cm³/mol. The second-order valence-electron chi connectivity index (χ2n) is 16.4. The Morgan fingerprint density at radius 2 is 1.82 bits per heavy atom. The van der Waals surface area contributed by atoms with Crippen LogP contribution in [-0.4, -0.2) is 70.7 Å². The van der Waals surface area contributed by atoms with Gasteiger partial charge in [0.1, 0.15) is 23.0 Å². The van der Waals surface area contributed by atoms with Gasteiger partial charge in [0.15, 0.2) is 5.58 Å². The van der Waals surface area contributed by atoms with E-state index in [1.54, 1.807) is 7.11 Å². The number of nitriles is 1. The first-order chi connectivity index (χ1) is 27.2. The largest absolute Gasteiger partial charge is 0.481 e. The molecule has 56 heavy (non-hydrogen) atoms. The molecule has 3 atom stereocenters. The molecule has 1 spiro atoms. The highest BCUT2D eigenvalue weighted by Crippen LogP contribution is 2.46. The van der Waals surface area contributed by atoms with E-state index >= 15 is 0 Å². The fourth-order valence-corrected chi connectivity index (χ4v) is 10.5. The van der Waals surface area contributed by atoms with E-state index in [4.69, 9.17) is 30.5 Å². The number of pyridine rings is 1. The number of nitrogens with one attached hydrogen (secondary N) is 1. The van der Waals surface area contributed by atoms with Crippen molar-refractivity contribution in [1.82, 2.24) is 20.1 Å². The summed E-state index contributed by atoms with van der Waals surface area (Å²) in [5.41, 5.74) is 11.1. The highest BCUT2D eigenvalue weighted by Gasteiger charge is 2.47. The zero-order valence-corrected chi connectivity index (χ0v) is 32.4. The van der Waals surface area contributed by atoms with E-state index in [1.807, 2.05) is 6.07 Å². The first-order valence-corrected chi connectivity index (χ1v) is 20.2. The minimum atomic E-state index is -0.283. The Hall–Kier alpha value is -4.92. The van der Waals surface area contributed by atoms with Crippen molar-refractivity contribution in [3.63, 3.8) is 0 Å². The van der Waals surface area contributed by atoms with E-state index in [0.29, 0.717) is 47.4 Å². The van der Waals surface area contributed by atoms with Crippen LogP contribution in [0.25, 0.3) is 33.4 Å². The molecule has 286 valence electrons. The number of carbonyl (C=O) groups is 1. The van der Waals surface area contributed by atoms with E-state index in [2.05, 4.69) is 76.6 Å². The van der Waals surface area contributed by atoms with Gasteiger partial charge in [0.25, 0.3) is 0 Å². The summed E-state index contributed by atoms with van der Waals surface area (Å²) in [5.74, 6) is 1.73. The average molecular weight is 770 g/mol. The molecule has 5 aromatic rings. The first kappa shape index (κ1) is 35.5. The quantitative estimate of drug-likeness (QED) is 0.164. The Morgan fingerprint density at radius 1 is 1.02 bits per heavy atom. The highest BCUT2D eigenvalue weighted by atomic mass is 35.5. The molecular formula is C45H44ClN5O5. The average Bonchev–Trinajstić information content (AvgIpc) is 4.03. The number of amides is 1. The minimum absolute atomic E-state index is 0.0981. The van der Waals surface area contributed by atoms with Crippen molar-refractivity contribution in [2.75, 3.05) is 33.3 Å². The monoisotopic (exact) mass is 769 g/mol. The standard InChI is InChI=1S/C45H44ClN5O5/c1-25-29(5-3-6-30(25)40-19-26-17-35-33(36(20-47)42(26)55-40)9-11-38(35)51-16-14-28(52)22-51)31-7-4-8-34-32(31)10-12-39(34)56-44-37(46)18-27(43(48-44)54-2)21-50-23-45(24-50)15-13-41(53)49-45/h3-8,17-19,28,38-39,52H,9-16,21-24H2,1-2H3,(H,49,53)/t28-,38-,39+/m1/s1. The maximum Gasteiger partial charge on any atom is 0.236 e. The Labute approximate surface area is 331 Å². The molecular weight excluding hydrogens is 726 g/mol. The number of nitrogens with zero attached hydrogens (tertiary/aromatic N) is 4. The van der Waals surface area contributed by atoms with Crippen LogP contribution in [0.4, 0.5) is 0 Å². The number of methoxy groups -OCH3 is 1. The van der Waals surface area contributed by atoms with Gasteiger partial charge in [0.05, 0.1) is 24.3 Å². The molecule has 0 unspecified atom stereocenters. The third-order valence-corrected chi connectivity index (χ3v) is 13.2. The zero-order chi connectivity index (χ0) is 38.3. The summed E-state index contributed by atoms with van der Waals surface area (Å²) in [6, 6.07) is 21.6. The molecule has 3 aromatic carbocycles. The van der Waals surface area contributed by atoms with Crippen molar-refractivity contribution in [2.24, 2.45) is 0 Å². The molecule has 3 fully saturated rings. The molecule has 0 bridgehead atoms. The van der Waals surface area contributed by atoms with Gasteiger partial charge in [-0.05, 0) is 103 Å². The molecule has 10 nitrogen and oxygen atoms in total. The predicted octanol–water partition coefficient (Wildman–Crippen LogP) is 7.59. The van der Waals surface area contributed by atoms with Gasteiger partial charge < -0.3 is 24.3 Å². The number of furan rings is 1. The van der Waals surface area contributed by atoms with Crippen LogP contribution in [0.5, 0.6) is 11.8 Å². The molecule has 2 N–H and O–H groups in total. The molecule has 5 heterocycles. The normalized spacial score (nSPS) is 22.6. The zero-order valence-electron chi connectivity index (χ0n) is 31.7. The summed E-state index contributed by atoms with van der Waals surface area (Å²) < 4.78 is 18.9. The summed E-state index contributed by atoms with van der Waals surface area (Å²) >= 11 is 6.83. The van der Waals surface area contributed by atoms with Crippen molar-refractivity contribution in [3.05, 3.63) is 98.6 Å². The van der Waals surface area contributed by atoms with Crippen LogP contribution in [0, 0.1) is 18.3 Å². The van der Waals surface area contributed by atoms with E-state index in [9.17, 15) is 15.2 Å². The Bertz CT molecular complexity index is 2470. The second kappa shape index (κ2) is 13.6. The smallest absolute Gasteiger partial charge is 0.236 e. The fraction of sp³-hybridized carbons (Fsp3) is 0.400. The lowest BCUT2D eigenvalue weighted by Crippen LogP contribution is -2.66. The summed E-state index contributed by atoms with van der Waals surface area (Å²) in [5, 5.41) is 25.1. The SMILES string of the molecule is COc1nc(O[C@H]2CCc3c(-c4cccc(-c5cc6cc7c(c(C#N)c6o5)CC[C@H]7N5CC[C@@H](O)C5)c4C)cccc32)c(Cl)cc1CN1CC2(CCC(=O)N2)C1. The lowest BCUT2D eigenvalue weighted by Gasteiger charge is -2.48. The van der Waals surface area contributed by atoms with Gasteiger partial charge >= 0.3 is 0 Å². The number of β-amino-alcohol motifs (C(OH)–C–C–N with tert-alkyl or cyclic N) is 1. The van der Waals surface area contributed by atoms with E-state index in [0.717, 1.165) is 108 Å². The van der Waals surface area contributed by atoms with Crippen LogP contribution < -0.4 is 14.8 Å². The van der Waals surface area contributed by atoms with Gasteiger partial charge in [-0.2, -0.15) is 10.2 Å². The van der Waals surface area contributed by atoms with Crippen LogP contribution in [0.1, 0.15) is 83.2 Å². The number of aromatic nitrogens is 1. The number of aliphatic hydroxyl groups excluding tert-OH is 1. The van der Waals surface area contributed by atoms with Crippen LogP contribution in [0.15, 0.2) is 59.0 Å². The maximum absolute atomic E-state index is 11.8. The van der Waals surface area contributed by atoms with Gasteiger partial charge in [-0.15, -0.1) is 0 Å². The van der Waals surface area contributed by atoms with Gasteiger partial charge in [0.2, 0.25) is 17.7 Å². The van der Waals surface area contributed by atoms with E-state index in [-0.39, 0.29) is 29.7 Å². The lowest BCUT2D eigenvalue weighted by atomic mass is 9.88. The van der Waals surface area contributed by atoms with Crippen molar-refractivity contribution in [2.45, 2.75) is 82.2 Å². The van der Waals surface area contributed by atoms with Crippen LogP contribution in [0.3, 0.4) is 0 Å². The number of carbonyl (C=O) groups excluding carboxylic acids is 1. The molecule has 1 amide bonds. The Kier molecular flexibility index (Phi) is 8.64. The number of fused-ring (bicyclic) bond motifs is 3.